The summed E-state index contributed by atoms with van der Waals surface area (Å²) >= 11 is 13.7. The van der Waals surface area contributed by atoms with Gasteiger partial charge in [0.15, 0.2) is 5.78 Å². The van der Waals surface area contributed by atoms with Crippen molar-refractivity contribution >= 4 is 57.5 Å². The Morgan fingerprint density at radius 2 is 1.74 bits per heavy atom. The SMILES string of the molecule is Cn1cc(C(=O)Nc2cc(Cl)c(CC(=O)C(OC3CCC(C(=O)O)CC3)(N3CCCC3)N3CCNCC3CC3CC3)cc2Cl)c2ccccc21. The molecule has 2 atom stereocenters. The molecule has 2 unspecified atom stereocenters. The highest BCUT2D eigenvalue weighted by atomic mass is 35.5. The summed E-state index contributed by atoms with van der Waals surface area (Å²) in [7, 11) is 1.90. The molecule has 0 radical (unpaired) electrons. The van der Waals surface area contributed by atoms with Gasteiger partial charge in [-0.2, -0.15) is 0 Å². The molecular weight excluding hydrogens is 677 g/mol. The van der Waals surface area contributed by atoms with Gasteiger partial charge in [-0.25, -0.2) is 0 Å². The lowest BCUT2D eigenvalue weighted by atomic mass is 9.87. The molecule has 3 heterocycles. The number of amides is 1. The maximum absolute atomic E-state index is 15.2. The van der Waals surface area contributed by atoms with Crippen molar-refractivity contribution in [2.45, 2.75) is 82.2 Å². The molecule has 2 saturated carbocycles. The highest BCUT2D eigenvalue weighted by Crippen LogP contribution is 2.41. The number of carbonyl (C=O) groups excluding carboxylic acids is 2. The number of ether oxygens (including phenoxy) is 1. The van der Waals surface area contributed by atoms with Crippen molar-refractivity contribution in [2.24, 2.45) is 18.9 Å². The number of aromatic nitrogens is 1. The number of ketones is 1. The molecule has 0 spiro atoms. The molecule has 10 nitrogen and oxygen atoms in total. The molecular formula is C38H47Cl2N5O5. The maximum atomic E-state index is 15.2. The first kappa shape index (κ1) is 35.4. The van der Waals surface area contributed by atoms with Gasteiger partial charge in [0.05, 0.1) is 28.3 Å². The van der Waals surface area contributed by atoms with E-state index in [1.807, 2.05) is 35.9 Å². The normalized spacial score (nSPS) is 24.7. The van der Waals surface area contributed by atoms with Crippen LogP contribution in [0.2, 0.25) is 10.0 Å². The van der Waals surface area contributed by atoms with E-state index in [-0.39, 0.29) is 36.2 Å². The van der Waals surface area contributed by atoms with Gasteiger partial charge in [-0.05, 0) is 74.6 Å². The zero-order chi connectivity index (χ0) is 35.0. The monoisotopic (exact) mass is 723 g/mol. The fourth-order valence-electron chi connectivity index (χ4n) is 8.33. The quantitative estimate of drug-likeness (QED) is 0.199. The van der Waals surface area contributed by atoms with Gasteiger partial charge >= 0.3 is 5.97 Å². The average molecular weight is 725 g/mol. The van der Waals surface area contributed by atoms with E-state index >= 15 is 4.79 Å². The van der Waals surface area contributed by atoms with Crippen molar-refractivity contribution in [2.75, 3.05) is 38.0 Å². The Kier molecular flexibility index (Phi) is 10.6. The lowest BCUT2D eigenvalue weighted by Crippen LogP contribution is -2.73. The molecule has 1 aromatic heterocycles. The van der Waals surface area contributed by atoms with E-state index in [0.29, 0.717) is 65.0 Å². The third-order valence-electron chi connectivity index (χ3n) is 11.2. The van der Waals surface area contributed by atoms with Gasteiger partial charge in [0, 0.05) is 74.4 Å². The van der Waals surface area contributed by atoms with Gasteiger partial charge in [0.1, 0.15) is 0 Å². The number of Topliss-reactive ketones (excluding diaryl/α,β-unsaturated/α-hetero) is 1. The minimum Gasteiger partial charge on any atom is -0.481 e. The second-order valence-corrected chi connectivity index (χ2v) is 15.4. The van der Waals surface area contributed by atoms with Crippen molar-refractivity contribution in [3.8, 4) is 0 Å². The molecule has 3 N–H and O–H groups in total. The Morgan fingerprint density at radius 3 is 2.46 bits per heavy atom. The summed E-state index contributed by atoms with van der Waals surface area (Å²) < 4.78 is 9.09. The number of aliphatic carboxylic acids is 1. The highest BCUT2D eigenvalue weighted by molar-refractivity contribution is 6.36. The molecule has 0 bridgehead atoms. The number of fused-ring (bicyclic) bond motifs is 1. The number of hydrogen-bond acceptors (Lipinski definition) is 7. The van der Waals surface area contributed by atoms with Crippen molar-refractivity contribution in [1.29, 1.82) is 0 Å². The molecule has 1 amide bonds. The fourth-order valence-corrected chi connectivity index (χ4v) is 8.80. The number of halogens is 2. The van der Waals surface area contributed by atoms with E-state index in [1.165, 1.54) is 12.8 Å². The van der Waals surface area contributed by atoms with Crippen LogP contribution in [-0.4, -0.2) is 87.9 Å². The molecule has 4 aliphatic rings. The summed E-state index contributed by atoms with van der Waals surface area (Å²) in [6, 6.07) is 11.1. The number of carbonyl (C=O) groups is 3. The Balaban J connectivity index is 1.19. The Bertz CT molecular complexity index is 1750. The summed E-state index contributed by atoms with van der Waals surface area (Å²) in [4.78, 5) is 44.9. The molecule has 2 aliphatic heterocycles. The number of likely N-dealkylation sites (tertiary alicyclic amines) is 1. The van der Waals surface area contributed by atoms with Crippen LogP contribution in [0.15, 0.2) is 42.6 Å². The number of rotatable bonds is 12. The first-order valence-corrected chi connectivity index (χ1v) is 18.9. The largest absolute Gasteiger partial charge is 0.481 e. The standard InChI is InChI=1S/C38H47Cl2N5O5/c1-43-23-30(29-6-2-3-7-34(29)43)36(47)42-33-21-31(39)26(19-32(33)40)20-35(46)38(44-15-4-5-16-44,50-28-12-10-25(11-13-28)37(48)49)45-17-14-41-22-27(45)18-24-8-9-24/h2-3,6-7,19,21,23-25,27-28,41H,4-5,8-18,20,22H2,1H3,(H,42,47)(H,48,49). The third kappa shape index (κ3) is 7.20. The van der Waals surface area contributed by atoms with Gasteiger partial charge in [-0.15, -0.1) is 0 Å². The first-order valence-electron chi connectivity index (χ1n) is 18.1. The van der Waals surface area contributed by atoms with E-state index < -0.39 is 11.8 Å². The number of anilines is 1. The van der Waals surface area contributed by atoms with E-state index in [0.717, 1.165) is 56.3 Å². The zero-order valence-corrected chi connectivity index (χ0v) is 30.1. The summed E-state index contributed by atoms with van der Waals surface area (Å²) in [6.07, 6.45) is 9.18. The van der Waals surface area contributed by atoms with E-state index in [9.17, 15) is 14.7 Å². The molecule has 3 aromatic rings. The molecule has 50 heavy (non-hydrogen) atoms. The highest BCUT2D eigenvalue weighted by Gasteiger charge is 2.55. The Labute approximate surface area is 303 Å². The van der Waals surface area contributed by atoms with Gasteiger partial charge in [0.2, 0.25) is 5.85 Å². The molecule has 4 fully saturated rings. The second-order valence-electron chi connectivity index (χ2n) is 14.6. The molecule has 2 aliphatic carbocycles. The number of hydrogen-bond donors (Lipinski definition) is 3. The van der Waals surface area contributed by atoms with Crippen LogP contribution in [0, 0.1) is 11.8 Å². The van der Waals surface area contributed by atoms with Gasteiger partial charge in [-0.1, -0.05) is 54.2 Å². The number of para-hydroxylation sites is 1. The van der Waals surface area contributed by atoms with Crippen LogP contribution in [0.5, 0.6) is 0 Å². The van der Waals surface area contributed by atoms with Crippen LogP contribution in [0.3, 0.4) is 0 Å². The van der Waals surface area contributed by atoms with Crippen LogP contribution in [0.25, 0.3) is 10.9 Å². The molecule has 12 heteroatoms. The number of nitrogens with zero attached hydrogens (tertiary/aromatic N) is 3. The van der Waals surface area contributed by atoms with Crippen LogP contribution in [0.4, 0.5) is 5.69 Å². The second kappa shape index (κ2) is 14.9. The Hall–Kier alpha value is -2.99. The van der Waals surface area contributed by atoms with E-state index in [1.54, 1.807) is 18.3 Å². The van der Waals surface area contributed by atoms with Crippen molar-refractivity contribution in [3.63, 3.8) is 0 Å². The lowest BCUT2D eigenvalue weighted by Gasteiger charge is -2.54. The number of piperazine rings is 1. The predicted molar refractivity (Wildman–Crippen MR) is 195 cm³/mol. The summed E-state index contributed by atoms with van der Waals surface area (Å²) in [5, 5.41) is 17.6. The number of benzene rings is 2. The van der Waals surface area contributed by atoms with Crippen molar-refractivity contribution in [1.82, 2.24) is 19.7 Å². The average Bonchev–Trinajstić information content (AvgIpc) is 3.61. The Morgan fingerprint density at radius 1 is 1.00 bits per heavy atom. The first-order chi connectivity index (χ1) is 24.1. The number of carboxylic acids is 1. The minimum absolute atomic E-state index is 0.00283. The molecule has 268 valence electrons. The van der Waals surface area contributed by atoms with Crippen molar-refractivity contribution < 1.29 is 24.2 Å². The lowest BCUT2D eigenvalue weighted by molar-refractivity contribution is -0.267. The van der Waals surface area contributed by atoms with Crippen molar-refractivity contribution in [3.05, 3.63) is 63.8 Å². The van der Waals surface area contributed by atoms with E-state index in [2.05, 4.69) is 20.4 Å². The van der Waals surface area contributed by atoms with Gasteiger partial charge in [0.25, 0.3) is 5.91 Å². The smallest absolute Gasteiger partial charge is 0.306 e. The third-order valence-corrected chi connectivity index (χ3v) is 11.8. The maximum Gasteiger partial charge on any atom is 0.306 e. The van der Waals surface area contributed by atoms with Gasteiger partial charge in [-0.3, -0.25) is 24.2 Å². The molecule has 2 saturated heterocycles. The topological polar surface area (TPSA) is 116 Å². The van der Waals surface area contributed by atoms with Crippen LogP contribution in [-0.2, 0) is 27.8 Å². The van der Waals surface area contributed by atoms with Crippen LogP contribution >= 0.6 is 23.2 Å². The minimum atomic E-state index is -1.31. The predicted octanol–water partition coefficient (Wildman–Crippen LogP) is 6.33. The summed E-state index contributed by atoms with van der Waals surface area (Å²) in [5.74, 6) is -2.19. The number of carboxylic acid groups (broad SMARTS) is 1. The van der Waals surface area contributed by atoms with Crippen LogP contribution in [0.1, 0.15) is 73.7 Å². The fraction of sp³-hybridized carbons (Fsp3) is 0.553. The van der Waals surface area contributed by atoms with Gasteiger partial charge < -0.3 is 25.0 Å². The van der Waals surface area contributed by atoms with Crippen LogP contribution < -0.4 is 10.6 Å². The summed E-state index contributed by atoms with van der Waals surface area (Å²) in [5.41, 5.74) is 2.41. The molecule has 2 aromatic carbocycles. The zero-order valence-electron chi connectivity index (χ0n) is 28.6. The number of nitrogens with one attached hydrogen (secondary N) is 2. The van der Waals surface area contributed by atoms with E-state index in [4.69, 9.17) is 27.9 Å². The number of aryl methyl sites for hydroxylation is 1. The molecule has 7 rings (SSSR count). The summed E-state index contributed by atoms with van der Waals surface area (Å²) in [6.45, 7) is 3.68.